The van der Waals surface area contributed by atoms with E-state index in [0.717, 1.165) is 38.5 Å². The van der Waals surface area contributed by atoms with Gasteiger partial charge in [0, 0.05) is 86.9 Å². The molecule has 10 heteroatoms. The van der Waals surface area contributed by atoms with E-state index in [9.17, 15) is 38.4 Å². The number of ketones is 6. The summed E-state index contributed by atoms with van der Waals surface area (Å²) in [5, 5.41) is 18.1. The molecule has 0 radical (unpaired) electrons. The molecule has 0 aromatic carbocycles. The molecule has 0 amide bonds. The molecule has 8 saturated carbocycles. The summed E-state index contributed by atoms with van der Waals surface area (Å²) < 4.78 is 0. The van der Waals surface area contributed by atoms with Gasteiger partial charge < -0.3 is 10.2 Å². The van der Waals surface area contributed by atoms with Crippen LogP contribution in [0.2, 0.25) is 0 Å². The molecule has 0 bridgehead atoms. The van der Waals surface area contributed by atoms with Gasteiger partial charge in [-0.05, 0) is 121 Å². The second-order valence-corrected chi connectivity index (χ2v) is 21.7. The van der Waals surface area contributed by atoms with Crippen molar-refractivity contribution in [3.63, 3.8) is 0 Å². The largest absolute Gasteiger partial charge is 0.481 e. The van der Waals surface area contributed by atoms with Gasteiger partial charge in [0.05, 0.1) is 0 Å². The summed E-state index contributed by atoms with van der Waals surface area (Å²) in [7, 11) is 0. The zero-order valence-corrected chi connectivity index (χ0v) is 35.8. The van der Waals surface area contributed by atoms with Crippen molar-refractivity contribution in [1.29, 1.82) is 0 Å². The number of carbonyl (C=O) groups is 8. The Morgan fingerprint density at radius 2 is 0.914 bits per heavy atom. The predicted octanol–water partition coefficient (Wildman–Crippen LogP) is 8.15. The van der Waals surface area contributed by atoms with Crippen molar-refractivity contribution < 1.29 is 48.6 Å². The van der Waals surface area contributed by atoms with E-state index in [-0.39, 0.29) is 129 Å². The first-order valence-electron chi connectivity index (χ1n) is 22.8. The molecule has 0 aliphatic heterocycles. The first-order chi connectivity index (χ1) is 27.2. The zero-order chi connectivity index (χ0) is 42.3. The molecule has 8 aliphatic carbocycles. The highest BCUT2D eigenvalue weighted by atomic mass is 16.4. The Labute approximate surface area is 344 Å². The number of carboxylic acids is 2. The third-order valence-electron chi connectivity index (χ3n) is 19.4. The summed E-state index contributed by atoms with van der Waals surface area (Å²) >= 11 is 0. The van der Waals surface area contributed by atoms with Crippen LogP contribution in [0.4, 0.5) is 0 Å². The van der Waals surface area contributed by atoms with E-state index in [1.807, 2.05) is 0 Å². The van der Waals surface area contributed by atoms with Crippen molar-refractivity contribution in [2.45, 2.75) is 157 Å². The van der Waals surface area contributed by atoms with Crippen molar-refractivity contribution >= 4 is 46.6 Å². The Morgan fingerprint density at radius 3 is 1.26 bits per heavy atom. The molecule has 0 heterocycles. The van der Waals surface area contributed by atoms with Crippen LogP contribution in [-0.4, -0.2) is 56.9 Å². The number of carbonyl (C=O) groups excluding carboxylic acids is 6. The Balaban J connectivity index is 0.000000177. The molecule has 0 aromatic rings. The molecule has 10 nitrogen and oxygen atoms in total. The van der Waals surface area contributed by atoms with Crippen LogP contribution in [0, 0.1) is 92.7 Å². The Hall–Kier alpha value is -3.04. The lowest BCUT2D eigenvalue weighted by molar-refractivity contribution is -0.168. The van der Waals surface area contributed by atoms with Crippen LogP contribution in [0.5, 0.6) is 0 Å². The lowest BCUT2D eigenvalue weighted by Gasteiger charge is -2.58. The van der Waals surface area contributed by atoms with Gasteiger partial charge in [-0.3, -0.25) is 38.4 Å². The summed E-state index contributed by atoms with van der Waals surface area (Å²) in [6, 6.07) is 0. The molecule has 8 rings (SSSR count). The minimum atomic E-state index is -0.792. The number of carboxylic acid groups (broad SMARTS) is 2. The third kappa shape index (κ3) is 6.80. The summed E-state index contributed by atoms with van der Waals surface area (Å²) in [6.07, 6.45) is 10.7. The van der Waals surface area contributed by atoms with E-state index in [1.54, 1.807) is 0 Å². The van der Waals surface area contributed by atoms with Crippen molar-refractivity contribution in [2.75, 3.05) is 0 Å². The van der Waals surface area contributed by atoms with E-state index >= 15 is 0 Å². The van der Waals surface area contributed by atoms with Gasteiger partial charge in [-0.25, -0.2) is 0 Å². The van der Waals surface area contributed by atoms with E-state index in [0.29, 0.717) is 64.2 Å². The van der Waals surface area contributed by atoms with Crippen molar-refractivity contribution in [2.24, 2.45) is 92.7 Å². The summed E-state index contributed by atoms with van der Waals surface area (Å²) in [4.78, 5) is 100.0. The number of hydrogen-bond donors (Lipinski definition) is 2. The molecule has 2 N–H and O–H groups in total. The number of hydrogen-bond acceptors (Lipinski definition) is 8. The Bertz CT molecular complexity index is 1640. The fourth-order valence-electron chi connectivity index (χ4n) is 15.9. The first kappa shape index (κ1) is 43.1. The molecule has 58 heavy (non-hydrogen) atoms. The van der Waals surface area contributed by atoms with E-state index in [4.69, 9.17) is 10.2 Å². The topological polar surface area (TPSA) is 177 Å². The van der Waals surface area contributed by atoms with Crippen molar-refractivity contribution in [1.82, 2.24) is 0 Å². The average molecular weight is 805 g/mol. The molecule has 8 fully saturated rings. The smallest absolute Gasteiger partial charge is 0.303 e. The van der Waals surface area contributed by atoms with Gasteiger partial charge in [-0.15, -0.1) is 0 Å². The molecule has 8 aliphatic rings. The van der Waals surface area contributed by atoms with Gasteiger partial charge in [0.1, 0.15) is 34.7 Å². The number of fused-ring (bicyclic) bond motifs is 10. The SMILES string of the molecule is C[C@H](CCC(=O)O)[C@H]1CC[C@H]2[C@@H]3C(=O)C[C@@H]4CC(=O)CC[C@]4(C)[C@H]3CC(=O)[C@]12C.C[C@H](CCC(=O)O)[C@H]1CC[C@H]2[C@@H]3C(=O)C[C@@H]4CC(=O)CC[C@]4(C)[C@H]3CC(=O)[C@]12C. The Kier molecular flexibility index (Phi) is 11.5. The average Bonchev–Trinajstić information content (AvgIpc) is 3.70. The second-order valence-electron chi connectivity index (χ2n) is 21.7. The molecule has 0 unspecified atom stereocenters. The minimum Gasteiger partial charge on any atom is -0.481 e. The van der Waals surface area contributed by atoms with Crippen LogP contribution in [-0.2, 0) is 38.4 Å². The van der Waals surface area contributed by atoms with Crippen molar-refractivity contribution in [3.8, 4) is 0 Å². The number of aliphatic carboxylic acids is 2. The lowest BCUT2D eigenvalue weighted by atomic mass is 9.44. The van der Waals surface area contributed by atoms with Crippen LogP contribution >= 0.6 is 0 Å². The molecule has 320 valence electrons. The first-order valence-corrected chi connectivity index (χ1v) is 22.8. The highest BCUT2D eigenvalue weighted by molar-refractivity contribution is 5.94. The number of Topliss-reactive ketones (excluding diaryl/α,β-unsaturated/α-hetero) is 6. The zero-order valence-electron chi connectivity index (χ0n) is 35.8. The highest BCUT2D eigenvalue weighted by Gasteiger charge is 2.68. The molecule has 0 saturated heterocycles. The predicted molar refractivity (Wildman–Crippen MR) is 214 cm³/mol. The Morgan fingerprint density at radius 1 is 0.552 bits per heavy atom. The third-order valence-corrected chi connectivity index (χ3v) is 19.4. The van der Waals surface area contributed by atoms with Crippen LogP contribution in [0.15, 0.2) is 0 Å². The molecular weight excluding hydrogens is 737 g/mol. The maximum atomic E-state index is 13.6. The standard InChI is InChI=1S/2C24H34O5/c2*1-13(4-7-21(28)29)16-5-6-17-22-18(12-20(27)24(16,17)3)23(2)9-8-15(25)10-14(23)11-19(22)26/h2*13-14,16-18,22H,4-12H2,1-3H3,(H,28,29)/t2*13-,14+,16-,17+,18+,22+,23+,24-/m11/s1. The van der Waals surface area contributed by atoms with E-state index in [2.05, 4.69) is 41.5 Å². The van der Waals surface area contributed by atoms with E-state index < -0.39 is 22.8 Å². The van der Waals surface area contributed by atoms with Crippen LogP contribution in [0.1, 0.15) is 157 Å². The summed E-state index contributed by atoms with van der Waals surface area (Å²) in [6.45, 7) is 12.7. The van der Waals surface area contributed by atoms with Crippen molar-refractivity contribution in [3.05, 3.63) is 0 Å². The van der Waals surface area contributed by atoms with Gasteiger partial charge in [0.2, 0.25) is 0 Å². The monoisotopic (exact) mass is 804 g/mol. The highest BCUT2D eigenvalue weighted by Crippen LogP contribution is 2.68. The molecular formula is C48H68O10. The second kappa shape index (κ2) is 15.5. The van der Waals surface area contributed by atoms with Crippen LogP contribution in [0.3, 0.4) is 0 Å². The fourth-order valence-corrected chi connectivity index (χ4v) is 15.9. The molecule has 16 atom stereocenters. The number of rotatable bonds is 8. The van der Waals surface area contributed by atoms with Gasteiger partial charge in [0.15, 0.2) is 0 Å². The molecule has 0 aromatic heterocycles. The van der Waals surface area contributed by atoms with Gasteiger partial charge >= 0.3 is 11.9 Å². The summed E-state index contributed by atoms with van der Waals surface area (Å²) in [5.74, 6) is 1.05. The van der Waals surface area contributed by atoms with Crippen LogP contribution in [0.25, 0.3) is 0 Å². The minimum absolute atomic E-state index is 0.0659. The maximum Gasteiger partial charge on any atom is 0.303 e. The van der Waals surface area contributed by atoms with Gasteiger partial charge in [-0.2, -0.15) is 0 Å². The maximum absolute atomic E-state index is 13.6. The lowest BCUT2D eigenvalue weighted by Crippen LogP contribution is -2.60. The molecule has 0 spiro atoms. The van der Waals surface area contributed by atoms with E-state index in [1.165, 1.54) is 0 Å². The van der Waals surface area contributed by atoms with Gasteiger partial charge in [0.25, 0.3) is 0 Å². The van der Waals surface area contributed by atoms with Gasteiger partial charge in [-0.1, -0.05) is 41.5 Å². The summed E-state index contributed by atoms with van der Waals surface area (Å²) in [5.41, 5.74) is -1.20. The normalized spacial score (nSPS) is 45.3. The quantitative estimate of drug-likeness (QED) is 0.243. The fraction of sp³-hybridized carbons (Fsp3) is 0.833. The van der Waals surface area contributed by atoms with Crippen LogP contribution < -0.4 is 0 Å².